The van der Waals surface area contributed by atoms with Crippen molar-refractivity contribution in [3.63, 3.8) is 0 Å². The standard InChI is InChI=1S/C27H32ClFN6O4S/c1-15-19(32-25(36)39-26(2,3)4)27(14-38-15)8-11-35(12-9-27)22-20(29)33-24(21(30)34-22)40-17-7-5-6-16(18(17)28)23-31-10-13-37-23/h5-7,10,13,15,19H,8-9,11-12,14H2,1-4H3,(H2,30,34)(H,32,36)/t15-,19+/m0/s1. The predicted molar refractivity (Wildman–Crippen MR) is 150 cm³/mol. The van der Waals surface area contributed by atoms with E-state index in [-0.39, 0.29) is 34.2 Å². The van der Waals surface area contributed by atoms with E-state index >= 15 is 4.39 Å². The van der Waals surface area contributed by atoms with Crippen LogP contribution in [0.2, 0.25) is 5.02 Å². The number of carbonyl (C=O) groups excluding carboxylic acids is 1. The van der Waals surface area contributed by atoms with Gasteiger partial charge in [0.2, 0.25) is 5.89 Å². The van der Waals surface area contributed by atoms with Crippen LogP contribution in [0.3, 0.4) is 0 Å². The Morgan fingerprint density at radius 2 is 2.05 bits per heavy atom. The first-order chi connectivity index (χ1) is 19.0. The van der Waals surface area contributed by atoms with E-state index < -0.39 is 17.6 Å². The molecule has 2 saturated heterocycles. The van der Waals surface area contributed by atoms with Crippen LogP contribution in [0.15, 0.2) is 45.0 Å². The maximum absolute atomic E-state index is 15.3. The molecule has 1 spiro atoms. The topological polar surface area (TPSA) is 129 Å². The number of hydrogen-bond donors (Lipinski definition) is 2. The molecule has 13 heteroatoms. The minimum Gasteiger partial charge on any atom is -0.444 e. The average molecular weight is 591 g/mol. The minimum atomic E-state index is -0.716. The molecule has 40 heavy (non-hydrogen) atoms. The van der Waals surface area contributed by atoms with Crippen molar-refractivity contribution in [1.82, 2.24) is 20.3 Å². The summed E-state index contributed by atoms with van der Waals surface area (Å²) in [5, 5.41) is 3.62. The highest BCUT2D eigenvalue weighted by Gasteiger charge is 2.50. The van der Waals surface area contributed by atoms with Crippen LogP contribution in [-0.2, 0) is 9.47 Å². The lowest BCUT2D eigenvalue weighted by atomic mass is 9.73. The molecule has 2 atom stereocenters. The number of nitrogens with zero attached hydrogens (tertiary/aromatic N) is 4. The molecule has 2 aromatic heterocycles. The quantitative estimate of drug-likeness (QED) is 0.390. The summed E-state index contributed by atoms with van der Waals surface area (Å²) in [6, 6.07) is 5.14. The van der Waals surface area contributed by atoms with Gasteiger partial charge in [0, 0.05) is 23.4 Å². The van der Waals surface area contributed by atoms with Gasteiger partial charge in [-0.05, 0) is 52.7 Å². The Morgan fingerprint density at radius 3 is 2.73 bits per heavy atom. The molecule has 0 bridgehead atoms. The summed E-state index contributed by atoms with van der Waals surface area (Å²) >= 11 is 7.70. The van der Waals surface area contributed by atoms with Crippen molar-refractivity contribution < 1.29 is 23.1 Å². The second-order valence-electron chi connectivity index (χ2n) is 11.1. The number of nitrogens with two attached hydrogens (primary N) is 1. The molecule has 2 aliphatic heterocycles. The number of ether oxygens (including phenoxy) is 2. The van der Waals surface area contributed by atoms with E-state index in [0.717, 1.165) is 11.8 Å². The fourth-order valence-corrected chi connectivity index (χ4v) is 6.35. The number of oxazole rings is 1. The zero-order valence-corrected chi connectivity index (χ0v) is 24.3. The van der Waals surface area contributed by atoms with Crippen LogP contribution in [0, 0.1) is 11.4 Å². The molecule has 4 heterocycles. The van der Waals surface area contributed by atoms with Gasteiger partial charge in [-0.15, -0.1) is 0 Å². The van der Waals surface area contributed by atoms with Crippen LogP contribution in [0.4, 0.5) is 20.8 Å². The number of aromatic nitrogens is 3. The summed E-state index contributed by atoms with van der Waals surface area (Å²) in [5.74, 6) is -0.143. The first kappa shape index (κ1) is 28.4. The predicted octanol–water partition coefficient (Wildman–Crippen LogP) is 5.56. The number of amides is 1. The highest BCUT2D eigenvalue weighted by molar-refractivity contribution is 7.99. The molecule has 2 fully saturated rings. The van der Waals surface area contributed by atoms with E-state index in [0.29, 0.717) is 53.9 Å². The first-order valence-corrected chi connectivity index (χ1v) is 14.2. The normalized spacial score (nSPS) is 20.6. The summed E-state index contributed by atoms with van der Waals surface area (Å²) in [6.45, 7) is 8.92. The number of hydrogen-bond acceptors (Lipinski definition) is 10. The number of anilines is 2. The van der Waals surface area contributed by atoms with Crippen molar-refractivity contribution in [3.8, 4) is 11.5 Å². The monoisotopic (exact) mass is 590 g/mol. The SMILES string of the molecule is C[C@@H]1OCC2(CCN(c3nc(N)c(Sc4cccc(-c5ncco5)c4Cl)nc3F)CC2)[C@@H]1NC(=O)OC(C)(C)C. The molecule has 214 valence electrons. The second-order valence-corrected chi connectivity index (χ2v) is 12.5. The van der Waals surface area contributed by atoms with Crippen molar-refractivity contribution in [2.75, 3.05) is 30.3 Å². The Kier molecular flexibility index (Phi) is 7.86. The van der Waals surface area contributed by atoms with E-state index in [4.69, 9.17) is 31.2 Å². The van der Waals surface area contributed by atoms with E-state index in [9.17, 15) is 4.79 Å². The van der Waals surface area contributed by atoms with Crippen LogP contribution < -0.4 is 16.0 Å². The molecule has 3 aromatic rings. The van der Waals surface area contributed by atoms with Gasteiger partial charge >= 0.3 is 6.09 Å². The number of rotatable bonds is 5. The van der Waals surface area contributed by atoms with Gasteiger partial charge in [-0.1, -0.05) is 29.4 Å². The Labute approximate surface area is 241 Å². The van der Waals surface area contributed by atoms with Crippen LogP contribution >= 0.6 is 23.4 Å². The third kappa shape index (κ3) is 5.84. The Bertz CT molecular complexity index is 1380. The minimum absolute atomic E-state index is 0.0972. The Balaban J connectivity index is 1.29. The van der Waals surface area contributed by atoms with Crippen LogP contribution in [0.25, 0.3) is 11.5 Å². The average Bonchev–Trinajstić information content (AvgIpc) is 3.52. The second kappa shape index (κ2) is 11.1. The summed E-state index contributed by atoms with van der Waals surface area (Å²) in [5.41, 5.74) is 5.96. The number of halogens is 2. The van der Waals surface area contributed by atoms with Gasteiger partial charge < -0.3 is 29.8 Å². The van der Waals surface area contributed by atoms with Crippen molar-refractivity contribution in [2.24, 2.45) is 5.41 Å². The van der Waals surface area contributed by atoms with Crippen molar-refractivity contribution in [3.05, 3.63) is 41.6 Å². The maximum Gasteiger partial charge on any atom is 0.407 e. The summed E-state index contributed by atoms with van der Waals surface area (Å²) in [4.78, 5) is 27.6. The molecule has 0 aliphatic carbocycles. The smallest absolute Gasteiger partial charge is 0.407 e. The molecular weight excluding hydrogens is 559 g/mol. The van der Waals surface area contributed by atoms with E-state index in [1.165, 1.54) is 12.5 Å². The van der Waals surface area contributed by atoms with Crippen molar-refractivity contribution in [2.45, 2.75) is 68.2 Å². The highest BCUT2D eigenvalue weighted by Crippen LogP contribution is 2.44. The van der Waals surface area contributed by atoms with Crippen molar-refractivity contribution >= 4 is 41.1 Å². The lowest BCUT2D eigenvalue weighted by molar-refractivity contribution is 0.0434. The Morgan fingerprint density at radius 1 is 1.30 bits per heavy atom. The van der Waals surface area contributed by atoms with E-state index in [1.54, 1.807) is 18.2 Å². The number of nitrogens with one attached hydrogen (secondary N) is 1. The van der Waals surface area contributed by atoms with Gasteiger partial charge in [-0.2, -0.15) is 4.39 Å². The molecule has 3 N–H and O–H groups in total. The summed E-state index contributed by atoms with van der Waals surface area (Å²) < 4.78 is 32.1. The van der Waals surface area contributed by atoms with Gasteiger partial charge in [0.05, 0.1) is 35.5 Å². The van der Waals surface area contributed by atoms with Gasteiger partial charge in [-0.25, -0.2) is 19.7 Å². The zero-order chi connectivity index (χ0) is 28.7. The number of carbonyl (C=O) groups is 1. The lowest BCUT2D eigenvalue weighted by Crippen LogP contribution is -2.55. The highest BCUT2D eigenvalue weighted by atomic mass is 35.5. The van der Waals surface area contributed by atoms with Crippen LogP contribution in [0.5, 0.6) is 0 Å². The number of benzene rings is 1. The fraction of sp³-hybridized carbons (Fsp3) is 0.481. The van der Waals surface area contributed by atoms with Crippen LogP contribution in [0.1, 0.15) is 40.5 Å². The van der Waals surface area contributed by atoms with Crippen molar-refractivity contribution in [1.29, 1.82) is 0 Å². The molecule has 0 radical (unpaired) electrons. The first-order valence-electron chi connectivity index (χ1n) is 13.0. The molecular formula is C27H32ClFN6O4S. The molecule has 1 amide bonds. The summed E-state index contributed by atoms with van der Waals surface area (Å²) in [6.07, 6.45) is 3.68. The van der Waals surface area contributed by atoms with Gasteiger partial charge in [-0.3, -0.25) is 0 Å². The summed E-state index contributed by atoms with van der Waals surface area (Å²) in [7, 11) is 0. The van der Waals surface area contributed by atoms with Gasteiger partial charge in [0.15, 0.2) is 11.6 Å². The molecule has 10 nitrogen and oxygen atoms in total. The third-order valence-corrected chi connectivity index (χ3v) is 8.73. The Hall–Kier alpha value is -3.09. The zero-order valence-electron chi connectivity index (χ0n) is 22.7. The largest absolute Gasteiger partial charge is 0.444 e. The molecule has 2 aliphatic rings. The fourth-order valence-electron chi connectivity index (χ4n) is 5.20. The lowest BCUT2D eigenvalue weighted by Gasteiger charge is -2.43. The molecule has 1 aromatic carbocycles. The third-order valence-electron chi connectivity index (χ3n) is 7.16. The number of nitrogen functional groups attached to an aromatic ring is 1. The molecule has 5 rings (SSSR count). The maximum atomic E-state index is 15.3. The van der Waals surface area contributed by atoms with E-state index in [1.807, 2.05) is 32.6 Å². The molecule has 0 unspecified atom stereocenters. The van der Waals surface area contributed by atoms with Gasteiger partial charge in [0.1, 0.15) is 16.9 Å². The number of alkyl carbamates (subject to hydrolysis) is 1. The van der Waals surface area contributed by atoms with E-state index in [2.05, 4.69) is 20.3 Å². The van der Waals surface area contributed by atoms with Gasteiger partial charge in [0.25, 0.3) is 5.95 Å². The molecule has 0 saturated carbocycles. The number of piperidine rings is 1. The van der Waals surface area contributed by atoms with Crippen LogP contribution in [-0.4, -0.2) is 58.5 Å².